The van der Waals surface area contributed by atoms with E-state index in [1.165, 1.54) is 0 Å². The molecule has 2 aromatic heterocycles. The minimum Gasteiger partial charge on any atom is -0.351 e. The fourth-order valence-corrected chi connectivity index (χ4v) is 2.06. The Kier molecular flexibility index (Phi) is 4.79. The highest BCUT2D eigenvalue weighted by atomic mass is 35.5. The predicted molar refractivity (Wildman–Crippen MR) is 76.8 cm³/mol. The third kappa shape index (κ3) is 3.60. The summed E-state index contributed by atoms with van der Waals surface area (Å²) in [5.41, 5.74) is 1.27. The monoisotopic (exact) mass is 295 g/mol. The normalized spacial score (nSPS) is 10.8. The Morgan fingerprint density at radius 1 is 1.40 bits per heavy atom. The summed E-state index contributed by atoms with van der Waals surface area (Å²) in [6.45, 7) is 5.91. The third-order valence-corrected chi connectivity index (χ3v) is 3.16. The summed E-state index contributed by atoms with van der Waals surface area (Å²) in [6.07, 6.45) is 4.39. The lowest BCUT2D eigenvalue weighted by Crippen LogP contribution is -2.26. The second-order valence-electron chi connectivity index (χ2n) is 4.51. The number of hydrogen-bond acceptors (Lipinski definition) is 3. The average molecular weight is 296 g/mol. The lowest BCUT2D eigenvalue weighted by atomic mass is 10.3. The Bertz CT molecular complexity index is 589. The minimum atomic E-state index is -0.237. The van der Waals surface area contributed by atoms with Crippen LogP contribution in [-0.2, 0) is 13.1 Å². The zero-order valence-electron chi connectivity index (χ0n) is 11.6. The van der Waals surface area contributed by atoms with Gasteiger partial charge in [0.1, 0.15) is 0 Å². The smallest absolute Gasteiger partial charge is 0.273 e. The number of nitrogens with zero attached hydrogens (tertiary/aromatic N) is 4. The Morgan fingerprint density at radius 2 is 2.20 bits per heavy atom. The Morgan fingerprint density at radius 3 is 2.80 bits per heavy atom. The van der Waals surface area contributed by atoms with Crippen molar-refractivity contribution in [2.24, 2.45) is 0 Å². The number of rotatable bonds is 6. The highest BCUT2D eigenvalue weighted by molar-refractivity contribution is 6.33. The molecule has 2 rings (SSSR count). The molecule has 108 valence electrons. The Balaban J connectivity index is 1.78. The molecule has 0 saturated carbocycles. The summed E-state index contributed by atoms with van der Waals surface area (Å²) in [5.74, 6) is -0.237. The van der Waals surface area contributed by atoms with Crippen molar-refractivity contribution in [3.63, 3.8) is 0 Å². The highest BCUT2D eigenvalue weighted by Crippen LogP contribution is 2.13. The first-order valence-corrected chi connectivity index (χ1v) is 6.99. The second kappa shape index (κ2) is 6.56. The number of nitrogens with one attached hydrogen (secondary N) is 1. The van der Waals surface area contributed by atoms with Crippen molar-refractivity contribution >= 4 is 17.5 Å². The molecule has 2 heterocycles. The molecule has 7 heteroatoms. The van der Waals surface area contributed by atoms with Crippen LogP contribution in [-0.4, -0.2) is 32.0 Å². The fourth-order valence-electron chi connectivity index (χ4n) is 1.83. The number of halogens is 1. The first-order chi connectivity index (χ1) is 9.60. The van der Waals surface area contributed by atoms with Crippen LogP contribution in [0, 0.1) is 6.92 Å². The van der Waals surface area contributed by atoms with E-state index < -0.39 is 0 Å². The van der Waals surface area contributed by atoms with Crippen LogP contribution < -0.4 is 5.32 Å². The first-order valence-electron chi connectivity index (χ1n) is 6.61. The number of carbonyl (C=O) groups excluding carboxylic acids is 1. The van der Waals surface area contributed by atoms with Crippen LogP contribution in [0.4, 0.5) is 0 Å². The van der Waals surface area contributed by atoms with Crippen LogP contribution in [0.5, 0.6) is 0 Å². The van der Waals surface area contributed by atoms with E-state index >= 15 is 0 Å². The van der Waals surface area contributed by atoms with Crippen LogP contribution in [0.25, 0.3) is 0 Å². The van der Waals surface area contributed by atoms with Crippen LogP contribution in [0.2, 0.25) is 5.02 Å². The maximum absolute atomic E-state index is 11.9. The zero-order chi connectivity index (χ0) is 14.5. The topological polar surface area (TPSA) is 64.7 Å². The van der Waals surface area contributed by atoms with Gasteiger partial charge in [0.15, 0.2) is 5.69 Å². The van der Waals surface area contributed by atoms with E-state index in [2.05, 4.69) is 15.5 Å². The molecule has 0 spiro atoms. The molecule has 1 amide bonds. The van der Waals surface area contributed by atoms with Gasteiger partial charge in [-0.3, -0.25) is 14.2 Å². The van der Waals surface area contributed by atoms with Gasteiger partial charge >= 0.3 is 0 Å². The van der Waals surface area contributed by atoms with Gasteiger partial charge in [0.25, 0.3) is 5.91 Å². The van der Waals surface area contributed by atoms with Gasteiger partial charge in [0.05, 0.1) is 10.7 Å². The standard InChI is InChI=1S/C13H18ClN5O/c1-3-18-9-11(14)12(17-18)13(20)15-6-4-7-19-8-5-10(2)16-19/h5,8-9H,3-4,6-7H2,1-2H3,(H,15,20). The number of hydrogen-bond donors (Lipinski definition) is 1. The van der Waals surface area contributed by atoms with Crippen LogP contribution in [0.15, 0.2) is 18.5 Å². The minimum absolute atomic E-state index is 0.237. The number of carbonyl (C=O) groups is 1. The molecule has 0 atom stereocenters. The van der Waals surface area contributed by atoms with E-state index in [1.54, 1.807) is 10.9 Å². The van der Waals surface area contributed by atoms with Crippen LogP contribution in [0.1, 0.15) is 29.5 Å². The summed E-state index contributed by atoms with van der Waals surface area (Å²) in [4.78, 5) is 11.9. The number of aryl methyl sites for hydroxylation is 3. The van der Waals surface area contributed by atoms with E-state index in [9.17, 15) is 4.79 Å². The maximum Gasteiger partial charge on any atom is 0.273 e. The molecule has 0 fully saturated rings. The molecule has 1 N–H and O–H groups in total. The molecular weight excluding hydrogens is 278 g/mol. The van der Waals surface area contributed by atoms with Gasteiger partial charge < -0.3 is 5.32 Å². The van der Waals surface area contributed by atoms with Crippen molar-refractivity contribution in [1.82, 2.24) is 24.9 Å². The zero-order valence-corrected chi connectivity index (χ0v) is 12.4. The van der Waals surface area contributed by atoms with E-state index in [1.807, 2.05) is 30.8 Å². The molecule has 2 aromatic rings. The SMILES string of the molecule is CCn1cc(Cl)c(C(=O)NCCCn2ccc(C)n2)n1. The fraction of sp³-hybridized carbons (Fsp3) is 0.462. The van der Waals surface area contributed by atoms with Gasteiger partial charge in [-0.15, -0.1) is 0 Å². The van der Waals surface area contributed by atoms with Gasteiger partial charge in [-0.05, 0) is 26.3 Å². The van der Waals surface area contributed by atoms with Gasteiger partial charge in [0.2, 0.25) is 0 Å². The quantitative estimate of drug-likeness (QED) is 0.828. The van der Waals surface area contributed by atoms with E-state index in [-0.39, 0.29) is 11.6 Å². The lowest BCUT2D eigenvalue weighted by molar-refractivity contribution is 0.0947. The molecule has 6 nitrogen and oxygen atoms in total. The molecule has 0 aromatic carbocycles. The molecule has 20 heavy (non-hydrogen) atoms. The molecule has 0 aliphatic rings. The highest BCUT2D eigenvalue weighted by Gasteiger charge is 2.14. The van der Waals surface area contributed by atoms with Crippen molar-refractivity contribution in [3.05, 3.63) is 34.9 Å². The summed E-state index contributed by atoms with van der Waals surface area (Å²) in [6, 6.07) is 1.95. The lowest BCUT2D eigenvalue weighted by Gasteiger charge is -2.04. The van der Waals surface area contributed by atoms with Crippen molar-refractivity contribution < 1.29 is 4.79 Å². The largest absolute Gasteiger partial charge is 0.351 e. The van der Waals surface area contributed by atoms with Crippen molar-refractivity contribution in [1.29, 1.82) is 0 Å². The Labute approximate surface area is 122 Å². The summed E-state index contributed by atoms with van der Waals surface area (Å²) < 4.78 is 3.50. The molecule has 0 aliphatic heterocycles. The molecule has 0 unspecified atom stereocenters. The van der Waals surface area contributed by atoms with Gasteiger partial charge in [0, 0.05) is 32.0 Å². The first kappa shape index (κ1) is 14.6. The Hall–Kier alpha value is -1.82. The maximum atomic E-state index is 11.9. The van der Waals surface area contributed by atoms with Gasteiger partial charge in [-0.25, -0.2) is 0 Å². The molecule has 0 aliphatic carbocycles. The van der Waals surface area contributed by atoms with Crippen molar-refractivity contribution in [2.75, 3.05) is 6.54 Å². The van der Waals surface area contributed by atoms with E-state index in [4.69, 9.17) is 11.6 Å². The third-order valence-electron chi connectivity index (χ3n) is 2.88. The molecular formula is C13H18ClN5O. The summed E-state index contributed by atoms with van der Waals surface area (Å²) >= 11 is 5.97. The average Bonchev–Trinajstić information content (AvgIpc) is 3.00. The summed E-state index contributed by atoms with van der Waals surface area (Å²) in [7, 11) is 0. The van der Waals surface area contributed by atoms with E-state index in [0.717, 1.165) is 18.7 Å². The van der Waals surface area contributed by atoms with Crippen LogP contribution >= 0.6 is 11.6 Å². The van der Waals surface area contributed by atoms with Crippen LogP contribution in [0.3, 0.4) is 0 Å². The molecule has 0 bridgehead atoms. The number of amides is 1. The van der Waals surface area contributed by atoms with Gasteiger partial charge in [-0.2, -0.15) is 10.2 Å². The summed E-state index contributed by atoms with van der Waals surface area (Å²) in [5, 5.41) is 11.6. The molecule has 0 radical (unpaired) electrons. The molecule has 0 saturated heterocycles. The van der Waals surface area contributed by atoms with Crippen molar-refractivity contribution in [2.45, 2.75) is 33.4 Å². The predicted octanol–water partition coefficient (Wildman–Crippen LogP) is 1.88. The second-order valence-corrected chi connectivity index (χ2v) is 4.92. The van der Waals surface area contributed by atoms with Crippen molar-refractivity contribution in [3.8, 4) is 0 Å². The number of aromatic nitrogens is 4. The van der Waals surface area contributed by atoms with Gasteiger partial charge in [-0.1, -0.05) is 11.6 Å². The van der Waals surface area contributed by atoms with E-state index in [0.29, 0.717) is 18.1 Å².